The van der Waals surface area contributed by atoms with Crippen molar-refractivity contribution in [3.05, 3.63) is 47.8 Å². The topological polar surface area (TPSA) is 88.4 Å². The smallest absolute Gasteiger partial charge is 0.191 e. The summed E-state index contributed by atoms with van der Waals surface area (Å²) in [6.07, 6.45) is 3.72. The van der Waals surface area contributed by atoms with Crippen molar-refractivity contribution in [2.24, 2.45) is 4.99 Å². The van der Waals surface area contributed by atoms with Gasteiger partial charge in [0.2, 0.25) is 0 Å². The molecule has 0 aliphatic carbocycles. The lowest BCUT2D eigenvalue weighted by Crippen LogP contribution is -2.42. The summed E-state index contributed by atoms with van der Waals surface area (Å²) in [6, 6.07) is 10.0. The number of hydrogen-bond acceptors (Lipinski definition) is 4. The van der Waals surface area contributed by atoms with E-state index in [0.29, 0.717) is 18.9 Å². The number of nitrogens with one attached hydrogen (secondary N) is 2. The molecule has 9 heteroatoms. The molecule has 0 saturated carbocycles. The quantitative estimate of drug-likeness (QED) is 0.343. The second kappa shape index (κ2) is 10.6. The zero-order valence-corrected chi connectivity index (χ0v) is 19.3. The van der Waals surface area contributed by atoms with Crippen molar-refractivity contribution < 1.29 is 8.42 Å². The second-order valence-electron chi connectivity index (χ2n) is 6.42. The fourth-order valence-corrected chi connectivity index (χ4v) is 3.28. The molecule has 0 fully saturated rings. The summed E-state index contributed by atoms with van der Waals surface area (Å²) >= 11 is 0. The monoisotopic (exact) mass is 505 g/mol. The molecule has 0 bridgehead atoms. The predicted molar refractivity (Wildman–Crippen MR) is 121 cm³/mol. The van der Waals surface area contributed by atoms with Crippen molar-refractivity contribution in [1.82, 2.24) is 20.4 Å². The Balaban J connectivity index is 0.00000364. The van der Waals surface area contributed by atoms with Crippen LogP contribution in [0.15, 0.2) is 41.5 Å². The van der Waals surface area contributed by atoms with Crippen LogP contribution >= 0.6 is 24.0 Å². The van der Waals surface area contributed by atoms with Crippen LogP contribution in [-0.2, 0) is 16.4 Å². The van der Waals surface area contributed by atoms with Crippen molar-refractivity contribution in [1.29, 1.82) is 0 Å². The first kappa shape index (κ1) is 23.4. The van der Waals surface area contributed by atoms with E-state index >= 15 is 0 Å². The molecule has 0 aliphatic heterocycles. The van der Waals surface area contributed by atoms with Gasteiger partial charge in [-0.2, -0.15) is 5.10 Å². The number of nitrogens with zero attached hydrogens (tertiary/aromatic N) is 3. The molecule has 1 atom stereocenters. The standard InChI is InChI=1S/C18H27N5O2S.HI/c1-14(10-12-26(4,24)25)21-18(19-3)20-13-16-7-5-6-8-17(16)23-11-9-15(2)22-23;/h5-9,11,14H,10,12-13H2,1-4H3,(H2,19,20,21);1H. The minimum absolute atomic E-state index is 0. The zero-order chi connectivity index (χ0) is 19.2. The van der Waals surface area contributed by atoms with Crippen LogP contribution in [0.2, 0.25) is 0 Å². The molecule has 0 saturated heterocycles. The van der Waals surface area contributed by atoms with Crippen LogP contribution in [0.3, 0.4) is 0 Å². The number of hydrogen-bond donors (Lipinski definition) is 2. The van der Waals surface area contributed by atoms with Crippen LogP contribution in [0.1, 0.15) is 24.6 Å². The highest BCUT2D eigenvalue weighted by Gasteiger charge is 2.10. The molecule has 0 radical (unpaired) electrons. The van der Waals surface area contributed by atoms with Gasteiger partial charge < -0.3 is 10.6 Å². The Morgan fingerprint density at radius 3 is 2.59 bits per heavy atom. The Bertz CT molecular complexity index is 864. The van der Waals surface area contributed by atoms with Crippen LogP contribution < -0.4 is 10.6 Å². The van der Waals surface area contributed by atoms with Gasteiger partial charge >= 0.3 is 0 Å². The molecule has 2 rings (SSSR count). The van der Waals surface area contributed by atoms with Gasteiger partial charge in [0.25, 0.3) is 0 Å². The normalized spacial score (nSPS) is 13.0. The molecular formula is C18H28IN5O2S. The summed E-state index contributed by atoms with van der Waals surface area (Å²) in [6.45, 7) is 4.48. The molecule has 0 spiro atoms. The third-order valence-electron chi connectivity index (χ3n) is 3.94. The predicted octanol–water partition coefficient (Wildman–Crippen LogP) is 2.29. The van der Waals surface area contributed by atoms with E-state index in [1.807, 2.05) is 55.1 Å². The summed E-state index contributed by atoms with van der Waals surface area (Å²) in [5, 5.41) is 11.0. The first-order valence-corrected chi connectivity index (χ1v) is 10.6. The van der Waals surface area contributed by atoms with Gasteiger partial charge in [0.05, 0.1) is 17.1 Å². The van der Waals surface area contributed by atoms with Gasteiger partial charge in [0.1, 0.15) is 9.84 Å². The molecule has 1 aromatic carbocycles. The summed E-state index contributed by atoms with van der Waals surface area (Å²) in [5.41, 5.74) is 3.06. The lowest BCUT2D eigenvalue weighted by molar-refractivity contribution is 0.581. The number of guanidine groups is 1. The molecule has 2 aromatic rings. The maximum absolute atomic E-state index is 11.3. The van der Waals surface area contributed by atoms with Crippen molar-refractivity contribution in [3.8, 4) is 5.69 Å². The van der Waals surface area contributed by atoms with Crippen LogP contribution in [-0.4, -0.2) is 49.3 Å². The largest absolute Gasteiger partial charge is 0.354 e. The van der Waals surface area contributed by atoms with Crippen molar-refractivity contribution in [2.75, 3.05) is 19.1 Å². The lowest BCUT2D eigenvalue weighted by Gasteiger charge is -2.18. The SMILES string of the molecule is CN=C(NCc1ccccc1-n1ccc(C)n1)NC(C)CCS(C)(=O)=O.I. The Labute approximate surface area is 178 Å². The molecule has 27 heavy (non-hydrogen) atoms. The number of aromatic nitrogens is 2. The van der Waals surface area contributed by atoms with Gasteiger partial charge in [-0.15, -0.1) is 24.0 Å². The summed E-state index contributed by atoms with van der Waals surface area (Å²) in [4.78, 5) is 4.22. The van der Waals surface area contributed by atoms with Crippen LogP contribution in [0, 0.1) is 6.92 Å². The van der Waals surface area contributed by atoms with Crippen LogP contribution in [0.4, 0.5) is 0 Å². The molecular weight excluding hydrogens is 477 g/mol. The van der Waals surface area contributed by atoms with Gasteiger partial charge in [-0.1, -0.05) is 18.2 Å². The highest BCUT2D eigenvalue weighted by Crippen LogP contribution is 2.14. The minimum Gasteiger partial charge on any atom is -0.354 e. The number of rotatable bonds is 7. The second-order valence-corrected chi connectivity index (χ2v) is 8.68. The van der Waals surface area contributed by atoms with E-state index in [-0.39, 0.29) is 35.8 Å². The van der Waals surface area contributed by atoms with E-state index in [2.05, 4.69) is 20.7 Å². The van der Waals surface area contributed by atoms with Crippen molar-refractivity contribution >= 4 is 39.8 Å². The molecule has 7 nitrogen and oxygen atoms in total. The van der Waals surface area contributed by atoms with Crippen molar-refractivity contribution in [3.63, 3.8) is 0 Å². The Morgan fingerprint density at radius 2 is 2.00 bits per heavy atom. The fraction of sp³-hybridized carbons (Fsp3) is 0.444. The van der Waals surface area contributed by atoms with E-state index in [1.165, 1.54) is 6.26 Å². The number of aryl methyl sites for hydroxylation is 1. The number of aliphatic imine (C=N–C) groups is 1. The summed E-state index contributed by atoms with van der Waals surface area (Å²) in [5.74, 6) is 0.789. The Hall–Kier alpha value is -1.62. The third-order valence-corrected chi connectivity index (χ3v) is 4.91. The van der Waals surface area contributed by atoms with Crippen LogP contribution in [0.5, 0.6) is 0 Å². The zero-order valence-electron chi connectivity index (χ0n) is 16.1. The first-order valence-electron chi connectivity index (χ1n) is 8.54. The van der Waals surface area contributed by atoms with Crippen molar-refractivity contribution in [2.45, 2.75) is 32.9 Å². The highest BCUT2D eigenvalue weighted by molar-refractivity contribution is 14.0. The van der Waals surface area contributed by atoms with Gasteiger partial charge in [-0.25, -0.2) is 13.1 Å². The number of para-hydroxylation sites is 1. The average molecular weight is 505 g/mol. The molecule has 150 valence electrons. The van der Waals surface area contributed by atoms with Crippen LogP contribution in [0.25, 0.3) is 5.69 Å². The van der Waals surface area contributed by atoms with E-state index in [1.54, 1.807) is 7.05 Å². The van der Waals surface area contributed by atoms with Gasteiger partial charge in [-0.3, -0.25) is 4.99 Å². The number of benzene rings is 1. The Kier molecular flexibility index (Phi) is 9.23. The molecule has 1 aromatic heterocycles. The summed E-state index contributed by atoms with van der Waals surface area (Å²) in [7, 11) is -1.27. The number of sulfone groups is 1. The minimum atomic E-state index is -2.96. The van der Waals surface area contributed by atoms with Gasteiger partial charge in [-0.05, 0) is 38.0 Å². The third kappa shape index (κ3) is 7.87. The molecule has 1 heterocycles. The highest BCUT2D eigenvalue weighted by atomic mass is 127. The van der Waals surface area contributed by atoms with E-state index in [9.17, 15) is 8.42 Å². The van der Waals surface area contributed by atoms with E-state index < -0.39 is 9.84 Å². The lowest BCUT2D eigenvalue weighted by atomic mass is 10.2. The molecule has 2 N–H and O–H groups in total. The van der Waals surface area contributed by atoms with Gasteiger partial charge in [0, 0.05) is 32.1 Å². The van der Waals surface area contributed by atoms with Gasteiger partial charge in [0.15, 0.2) is 5.96 Å². The first-order chi connectivity index (χ1) is 12.3. The fourth-order valence-electron chi connectivity index (χ4n) is 2.50. The summed E-state index contributed by atoms with van der Waals surface area (Å²) < 4.78 is 24.4. The Morgan fingerprint density at radius 1 is 1.30 bits per heavy atom. The molecule has 0 aliphatic rings. The maximum atomic E-state index is 11.3. The number of halogens is 1. The van der Waals surface area contributed by atoms with E-state index in [4.69, 9.17) is 0 Å². The van der Waals surface area contributed by atoms with E-state index in [0.717, 1.165) is 16.9 Å². The molecule has 1 unspecified atom stereocenters. The maximum Gasteiger partial charge on any atom is 0.191 e. The average Bonchev–Trinajstić information content (AvgIpc) is 3.02. The molecule has 0 amide bonds.